The predicted molar refractivity (Wildman–Crippen MR) is 81.9 cm³/mol. The molecule has 0 unspecified atom stereocenters. The van der Waals surface area contributed by atoms with Gasteiger partial charge < -0.3 is 10.6 Å². The number of hydrogen-bond donors (Lipinski definition) is 2. The van der Waals surface area contributed by atoms with E-state index in [0.717, 1.165) is 38.2 Å². The van der Waals surface area contributed by atoms with Crippen molar-refractivity contribution in [2.75, 3.05) is 32.7 Å². The highest BCUT2D eigenvalue weighted by Gasteiger charge is 2.15. The van der Waals surface area contributed by atoms with Crippen molar-refractivity contribution >= 4 is 17.5 Å². The minimum Gasteiger partial charge on any atom is -0.348 e. The van der Waals surface area contributed by atoms with Crippen molar-refractivity contribution in [3.63, 3.8) is 0 Å². The van der Waals surface area contributed by atoms with Crippen LogP contribution >= 0.6 is 11.6 Å². The summed E-state index contributed by atoms with van der Waals surface area (Å²) >= 11 is 5.97. The highest BCUT2D eigenvalue weighted by atomic mass is 35.5. The summed E-state index contributed by atoms with van der Waals surface area (Å²) in [7, 11) is 0. The van der Waals surface area contributed by atoms with Gasteiger partial charge in [-0.05, 0) is 44.1 Å². The maximum absolute atomic E-state index is 12.1. The third-order valence-corrected chi connectivity index (χ3v) is 3.76. The Morgan fingerprint density at radius 3 is 3.10 bits per heavy atom. The van der Waals surface area contributed by atoms with Gasteiger partial charge in [-0.25, -0.2) is 0 Å². The molecule has 0 aliphatic carbocycles. The van der Waals surface area contributed by atoms with E-state index >= 15 is 0 Å². The standard InChI is InChI=1S/C15H22ClN3O/c1-12(13-4-2-5-14(16)10-13)18-15(20)11-19-8-3-6-17-7-9-19/h2,4-5,10,12,17H,3,6-9,11H2,1H3,(H,18,20)/t12-/m1/s1. The third kappa shape index (κ3) is 4.78. The molecule has 4 nitrogen and oxygen atoms in total. The minimum atomic E-state index is -0.0219. The molecule has 1 aromatic rings. The van der Waals surface area contributed by atoms with Crippen molar-refractivity contribution in [2.24, 2.45) is 0 Å². The normalized spacial score (nSPS) is 18.3. The van der Waals surface area contributed by atoms with Gasteiger partial charge in [0.2, 0.25) is 5.91 Å². The van der Waals surface area contributed by atoms with Crippen molar-refractivity contribution in [2.45, 2.75) is 19.4 Å². The molecule has 0 spiro atoms. The number of benzene rings is 1. The largest absolute Gasteiger partial charge is 0.348 e. The van der Waals surface area contributed by atoms with Crippen LogP contribution in [-0.4, -0.2) is 43.5 Å². The fraction of sp³-hybridized carbons (Fsp3) is 0.533. The fourth-order valence-corrected chi connectivity index (χ4v) is 2.61. The van der Waals surface area contributed by atoms with Gasteiger partial charge in [0.25, 0.3) is 0 Å². The van der Waals surface area contributed by atoms with Crippen LogP contribution in [0, 0.1) is 0 Å². The fourth-order valence-electron chi connectivity index (χ4n) is 2.41. The highest BCUT2D eigenvalue weighted by Crippen LogP contribution is 2.17. The van der Waals surface area contributed by atoms with Gasteiger partial charge in [0.05, 0.1) is 12.6 Å². The Hall–Kier alpha value is -1.10. The first kappa shape index (κ1) is 15.3. The maximum atomic E-state index is 12.1. The molecule has 1 fully saturated rings. The number of nitrogens with zero attached hydrogens (tertiary/aromatic N) is 1. The zero-order valence-electron chi connectivity index (χ0n) is 11.9. The Kier molecular flexibility index (Phi) is 5.83. The first-order chi connectivity index (χ1) is 9.65. The summed E-state index contributed by atoms with van der Waals surface area (Å²) in [6.45, 7) is 6.35. The smallest absolute Gasteiger partial charge is 0.234 e. The summed E-state index contributed by atoms with van der Waals surface area (Å²) in [5, 5.41) is 7.06. The van der Waals surface area contributed by atoms with Gasteiger partial charge in [0.15, 0.2) is 0 Å². The lowest BCUT2D eigenvalue weighted by Gasteiger charge is -2.21. The number of amides is 1. The number of carbonyl (C=O) groups is 1. The molecule has 0 saturated carbocycles. The van der Waals surface area contributed by atoms with Crippen LogP contribution in [0.1, 0.15) is 24.9 Å². The van der Waals surface area contributed by atoms with Crippen LogP contribution in [0.3, 0.4) is 0 Å². The van der Waals surface area contributed by atoms with Gasteiger partial charge in [-0.15, -0.1) is 0 Å². The Balaban J connectivity index is 1.84. The van der Waals surface area contributed by atoms with E-state index in [1.807, 2.05) is 31.2 Å². The van der Waals surface area contributed by atoms with Crippen molar-refractivity contribution < 1.29 is 4.79 Å². The number of rotatable bonds is 4. The van der Waals surface area contributed by atoms with E-state index in [1.165, 1.54) is 0 Å². The topological polar surface area (TPSA) is 44.4 Å². The van der Waals surface area contributed by atoms with Crippen molar-refractivity contribution in [1.29, 1.82) is 0 Å². The number of hydrogen-bond acceptors (Lipinski definition) is 3. The monoisotopic (exact) mass is 295 g/mol. The molecule has 1 aliphatic rings. The van der Waals surface area contributed by atoms with E-state index in [-0.39, 0.29) is 11.9 Å². The Morgan fingerprint density at radius 1 is 1.45 bits per heavy atom. The summed E-state index contributed by atoms with van der Waals surface area (Å²) in [6, 6.07) is 7.59. The van der Waals surface area contributed by atoms with E-state index in [4.69, 9.17) is 11.6 Å². The zero-order valence-corrected chi connectivity index (χ0v) is 12.6. The van der Waals surface area contributed by atoms with E-state index in [9.17, 15) is 4.79 Å². The average molecular weight is 296 g/mol. The maximum Gasteiger partial charge on any atom is 0.234 e. The average Bonchev–Trinajstić information content (AvgIpc) is 2.67. The number of nitrogens with one attached hydrogen (secondary N) is 2. The molecule has 0 aromatic heterocycles. The van der Waals surface area contributed by atoms with Crippen LogP contribution in [0.4, 0.5) is 0 Å². The third-order valence-electron chi connectivity index (χ3n) is 3.53. The summed E-state index contributed by atoms with van der Waals surface area (Å²) in [6.07, 6.45) is 1.09. The van der Waals surface area contributed by atoms with Crippen LogP contribution < -0.4 is 10.6 Å². The van der Waals surface area contributed by atoms with Crippen LogP contribution in [0.25, 0.3) is 0 Å². The van der Waals surface area contributed by atoms with Gasteiger partial charge in [-0.1, -0.05) is 23.7 Å². The Morgan fingerprint density at radius 2 is 2.30 bits per heavy atom. The van der Waals surface area contributed by atoms with Crippen molar-refractivity contribution in [1.82, 2.24) is 15.5 Å². The molecule has 1 heterocycles. The molecule has 2 rings (SSSR count). The molecule has 2 N–H and O–H groups in total. The van der Waals surface area contributed by atoms with Crippen LogP contribution in [0.2, 0.25) is 5.02 Å². The molecule has 0 radical (unpaired) electrons. The predicted octanol–water partition coefficient (Wildman–Crippen LogP) is 1.81. The van der Waals surface area contributed by atoms with E-state index in [0.29, 0.717) is 11.6 Å². The van der Waals surface area contributed by atoms with Gasteiger partial charge in [0.1, 0.15) is 0 Å². The van der Waals surface area contributed by atoms with E-state index < -0.39 is 0 Å². The molecule has 1 aliphatic heterocycles. The van der Waals surface area contributed by atoms with E-state index in [1.54, 1.807) is 0 Å². The second-order valence-corrected chi connectivity index (χ2v) is 5.66. The second kappa shape index (κ2) is 7.62. The molecular formula is C15H22ClN3O. The summed E-state index contributed by atoms with van der Waals surface area (Å²) < 4.78 is 0. The molecule has 20 heavy (non-hydrogen) atoms. The minimum absolute atomic E-state index is 0.0219. The van der Waals surface area contributed by atoms with Crippen LogP contribution in [-0.2, 0) is 4.79 Å². The Labute approximate surface area is 125 Å². The lowest BCUT2D eigenvalue weighted by Crippen LogP contribution is -2.39. The van der Waals surface area contributed by atoms with E-state index in [2.05, 4.69) is 15.5 Å². The summed E-state index contributed by atoms with van der Waals surface area (Å²) in [5.41, 5.74) is 1.03. The van der Waals surface area contributed by atoms with Crippen LogP contribution in [0.5, 0.6) is 0 Å². The zero-order chi connectivity index (χ0) is 14.4. The molecule has 5 heteroatoms. The van der Waals surface area contributed by atoms with Gasteiger partial charge in [-0.3, -0.25) is 9.69 Å². The number of carbonyl (C=O) groups excluding carboxylic acids is 1. The molecular weight excluding hydrogens is 274 g/mol. The molecule has 1 saturated heterocycles. The van der Waals surface area contributed by atoms with Crippen molar-refractivity contribution in [3.8, 4) is 0 Å². The van der Waals surface area contributed by atoms with Gasteiger partial charge in [0, 0.05) is 18.1 Å². The van der Waals surface area contributed by atoms with Crippen LogP contribution in [0.15, 0.2) is 24.3 Å². The first-order valence-corrected chi connectivity index (χ1v) is 7.51. The SMILES string of the molecule is C[C@@H](NC(=O)CN1CCCNCC1)c1cccc(Cl)c1. The van der Waals surface area contributed by atoms with Gasteiger partial charge >= 0.3 is 0 Å². The molecule has 110 valence electrons. The van der Waals surface area contributed by atoms with Gasteiger partial charge in [-0.2, -0.15) is 0 Å². The lowest BCUT2D eigenvalue weighted by atomic mass is 10.1. The first-order valence-electron chi connectivity index (χ1n) is 7.13. The summed E-state index contributed by atoms with van der Waals surface area (Å²) in [5.74, 6) is 0.0689. The molecule has 1 amide bonds. The molecule has 0 bridgehead atoms. The Bertz CT molecular complexity index is 444. The molecule has 1 aromatic carbocycles. The lowest BCUT2D eigenvalue weighted by molar-refractivity contribution is -0.122. The number of halogens is 1. The quantitative estimate of drug-likeness (QED) is 0.890. The highest BCUT2D eigenvalue weighted by molar-refractivity contribution is 6.30. The van der Waals surface area contributed by atoms with Crippen molar-refractivity contribution in [3.05, 3.63) is 34.9 Å². The summed E-state index contributed by atoms with van der Waals surface area (Å²) in [4.78, 5) is 14.3. The second-order valence-electron chi connectivity index (χ2n) is 5.22. The molecule has 1 atom stereocenters.